The molecular formula is C10H16ClN3O2S. The van der Waals surface area contributed by atoms with Crippen LogP contribution in [0, 0.1) is 0 Å². The van der Waals surface area contributed by atoms with Crippen LogP contribution in [0.3, 0.4) is 0 Å². The van der Waals surface area contributed by atoms with Crippen LogP contribution in [0.4, 0.5) is 0 Å². The van der Waals surface area contributed by atoms with Crippen molar-refractivity contribution in [1.29, 1.82) is 0 Å². The molecule has 1 rings (SSSR count). The van der Waals surface area contributed by atoms with Gasteiger partial charge in [-0.1, -0.05) is 11.6 Å². The number of pyridine rings is 1. The summed E-state index contributed by atoms with van der Waals surface area (Å²) >= 11 is 5.73. The van der Waals surface area contributed by atoms with Gasteiger partial charge in [0.15, 0.2) is 0 Å². The van der Waals surface area contributed by atoms with Gasteiger partial charge in [-0.3, -0.25) is 16.3 Å². The van der Waals surface area contributed by atoms with Crippen LogP contribution >= 0.6 is 11.6 Å². The molecule has 1 atom stereocenters. The molecule has 0 saturated heterocycles. The number of rotatable bonds is 6. The van der Waals surface area contributed by atoms with E-state index in [1.54, 1.807) is 12.1 Å². The second-order valence-electron chi connectivity index (χ2n) is 3.89. The maximum Gasteiger partial charge on any atom is 0.147 e. The zero-order valence-electron chi connectivity index (χ0n) is 9.56. The van der Waals surface area contributed by atoms with Crippen molar-refractivity contribution < 1.29 is 8.42 Å². The molecule has 1 aromatic rings. The van der Waals surface area contributed by atoms with Crippen LogP contribution in [0.2, 0.25) is 5.02 Å². The Labute approximate surface area is 106 Å². The monoisotopic (exact) mass is 277 g/mol. The fourth-order valence-electron chi connectivity index (χ4n) is 1.46. The molecule has 0 spiro atoms. The maximum absolute atomic E-state index is 11.0. The summed E-state index contributed by atoms with van der Waals surface area (Å²) in [6.45, 7) is 0. The van der Waals surface area contributed by atoms with Crippen LogP contribution in [0.15, 0.2) is 18.3 Å². The molecule has 1 unspecified atom stereocenters. The van der Waals surface area contributed by atoms with Crippen LogP contribution < -0.4 is 11.3 Å². The number of hydrazine groups is 1. The Kier molecular flexibility index (Phi) is 5.32. The van der Waals surface area contributed by atoms with Crippen molar-refractivity contribution in [3.8, 4) is 0 Å². The van der Waals surface area contributed by atoms with E-state index in [1.807, 2.05) is 0 Å². The molecule has 96 valence electrons. The van der Waals surface area contributed by atoms with Gasteiger partial charge in [0, 0.05) is 18.2 Å². The smallest absolute Gasteiger partial charge is 0.147 e. The topological polar surface area (TPSA) is 85.1 Å². The second-order valence-corrected chi connectivity index (χ2v) is 6.59. The minimum Gasteiger partial charge on any atom is -0.271 e. The van der Waals surface area contributed by atoms with E-state index in [2.05, 4.69) is 10.4 Å². The van der Waals surface area contributed by atoms with E-state index in [9.17, 15) is 8.42 Å². The summed E-state index contributed by atoms with van der Waals surface area (Å²) in [6.07, 6.45) is 3.91. The van der Waals surface area contributed by atoms with E-state index in [-0.39, 0.29) is 11.8 Å². The van der Waals surface area contributed by atoms with E-state index in [4.69, 9.17) is 17.4 Å². The number of halogens is 1. The highest BCUT2D eigenvalue weighted by Gasteiger charge is 2.12. The lowest BCUT2D eigenvalue weighted by Crippen LogP contribution is -2.29. The number of sulfone groups is 1. The zero-order valence-corrected chi connectivity index (χ0v) is 11.1. The highest BCUT2D eigenvalue weighted by Crippen LogP contribution is 2.17. The molecule has 17 heavy (non-hydrogen) atoms. The third-order valence-corrected chi connectivity index (χ3v) is 3.57. The first-order valence-electron chi connectivity index (χ1n) is 5.17. The molecule has 0 aliphatic heterocycles. The van der Waals surface area contributed by atoms with E-state index in [1.165, 1.54) is 12.5 Å². The number of nitrogens with one attached hydrogen (secondary N) is 1. The van der Waals surface area contributed by atoms with Gasteiger partial charge in [-0.25, -0.2) is 8.42 Å². The summed E-state index contributed by atoms with van der Waals surface area (Å²) in [4.78, 5) is 4.14. The SMILES string of the molecule is CS(=O)(=O)CCCC(NN)c1ccc(Cl)cn1. The van der Waals surface area contributed by atoms with Crippen LogP contribution in [0.1, 0.15) is 24.6 Å². The van der Waals surface area contributed by atoms with Gasteiger partial charge >= 0.3 is 0 Å². The Hall–Kier alpha value is -0.690. The van der Waals surface area contributed by atoms with E-state index in [0.717, 1.165) is 5.69 Å². The van der Waals surface area contributed by atoms with E-state index < -0.39 is 9.84 Å². The van der Waals surface area contributed by atoms with Gasteiger partial charge < -0.3 is 0 Å². The molecule has 3 N–H and O–H groups in total. The highest BCUT2D eigenvalue weighted by atomic mass is 35.5. The second kappa shape index (κ2) is 6.30. The first-order valence-corrected chi connectivity index (χ1v) is 7.61. The van der Waals surface area contributed by atoms with Gasteiger partial charge in [0.2, 0.25) is 0 Å². The number of nitrogens with zero attached hydrogens (tertiary/aromatic N) is 1. The Balaban J connectivity index is 2.57. The number of hydrogen-bond donors (Lipinski definition) is 2. The molecule has 0 aliphatic carbocycles. The minimum absolute atomic E-state index is 0.152. The van der Waals surface area contributed by atoms with Gasteiger partial charge in [-0.15, -0.1) is 0 Å². The predicted octanol–water partition coefficient (Wildman–Crippen LogP) is 1.06. The molecule has 0 aliphatic rings. The van der Waals surface area contributed by atoms with Crippen LogP contribution in [-0.4, -0.2) is 25.4 Å². The lowest BCUT2D eigenvalue weighted by molar-refractivity contribution is 0.497. The molecule has 0 aromatic carbocycles. The highest BCUT2D eigenvalue weighted by molar-refractivity contribution is 7.90. The van der Waals surface area contributed by atoms with Crippen LogP contribution in [0.5, 0.6) is 0 Å². The van der Waals surface area contributed by atoms with Crippen molar-refractivity contribution in [1.82, 2.24) is 10.4 Å². The number of hydrogen-bond acceptors (Lipinski definition) is 5. The molecule has 1 aromatic heterocycles. The maximum atomic E-state index is 11.0. The zero-order chi connectivity index (χ0) is 12.9. The van der Waals surface area contributed by atoms with Crippen molar-refractivity contribution in [3.05, 3.63) is 29.0 Å². The van der Waals surface area contributed by atoms with Crippen LogP contribution in [0.25, 0.3) is 0 Å². The predicted molar refractivity (Wildman–Crippen MR) is 68.3 cm³/mol. The van der Waals surface area contributed by atoms with Crippen LogP contribution in [-0.2, 0) is 9.84 Å². The fourth-order valence-corrected chi connectivity index (χ4v) is 2.26. The summed E-state index contributed by atoms with van der Waals surface area (Å²) in [5, 5.41) is 0.556. The van der Waals surface area contributed by atoms with Gasteiger partial charge in [-0.2, -0.15) is 0 Å². The van der Waals surface area contributed by atoms with Gasteiger partial charge in [0.1, 0.15) is 9.84 Å². The first kappa shape index (κ1) is 14.4. The molecule has 0 fully saturated rings. The van der Waals surface area contributed by atoms with Crippen molar-refractivity contribution in [2.24, 2.45) is 5.84 Å². The Morgan fingerprint density at radius 2 is 2.24 bits per heavy atom. The first-order chi connectivity index (χ1) is 7.92. The van der Waals surface area contributed by atoms with Crippen molar-refractivity contribution in [3.63, 3.8) is 0 Å². The lowest BCUT2D eigenvalue weighted by Gasteiger charge is -2.14. The number of nitrogens with two attached hydrogens (primary N) is 1. The van der Waals surface area contributed by atoms with Crippen molar-refractivity contribution >= 4 is 21.4 Å². The molecule has 0 amide bonds. The molecule has 0 bridgehead atoms. The molecule has 5 nitrogen and oxygen atoms in total. The number of aromatic nitrogens is 1. The summed E-state index contributed by atoms with van der Waals surface area (Å²) in [6, 6.07) is 3.34. The summed E-state index contributed by atoms with van der Waals surface area (Å²) in [5.74, 6) is 5.57. The summed E-state index contributed by atoms with van der Waals surface area (Å²) in [5.41, 5.74) is 3.38. The average Bonchev–Trinajstić information content (AvgIpc) is 2.24. The third-order valence-electron chi connectivity index (χ3n) is 2.32. The Morgan fingerprint density at radius 3 is 2.71 bits per heavy atom. The van der Waals surface area contributed by atoms with Crippen molar-refractivity contribution in [2.75, 3.05) is 12.0 Å². The molecule has 1 heterocycles. The fraction of sp³-hybridized carbons (Fsp3) is 0.500. The largest absolute Gasteiger partial charge is 0.271 e. The normalized spacial score (nSPS) is 13.6. The average molecular weight is 278 g/mol. The Morgan fingerprint density at radius 1 is 1.53 bits per heavy atom. The standard InChI is InChI=1S/C10H16ClN3O2S/c1-17(15,16)6-2-3-10(14-12)9-5-4-8(11)7-13-9/h4-5,7,10,14H,2-3,6,12H2,1H3. The quantitative estimate of drug-likeness (QED) is 0.600. The molecule has 0 saturated carbocycles. The minimum atomic E-state index is -2.93. The third kappa shape index (κ3) is 5.45. The van der Waals surface area contributed by atoms with Gasteiger partial charge in [-0.05, 0) is 25.0 Å². The van der Waals surface area contributed by atoms with Gasteiger partial charge in [0.25, 0.3) is 0 Å². The van der Waals surface area contributed by atoms with Gasteiger partial charge in [0.05, 0.1) is 16.8 Å². The summed E-state index contributed by atoms with van der Waals surface area (Å²) in [7, 11) is -2.93. The molecule has 7 heteroatoms. The van der Waals surface area contributed by atoms with Crippen molar-refractivity contribution in [2.45, 2.75) is 18.9 Å². The molecule has 0 radical (unpaired) electrons. The lowest BCUT2D eigenvalue weighted by atomic mass is 10.1. The molecular weight excluding hydrogens is 262 g/mol. The van der Waals surface area contributed by atoms with E-state index >= 15 is 0 Å². The van der Waals surface area contributed by atoms with E-state index in [0.29, 0.717) is 17.9 Å². The Bertz CT molecular complexity index is 447. The summed E-state index contributed by atoms with van der Waals surface area (Å²) < 4.78 is 22.0.